The Kier molecular flexibility index (Phi) is 4.23. The number of nitrogens with one attached hydrogen (secondary N) is 1. The molecular formula is C17H25ClN2. The predicted molar refractivity (Wildman–Crippen MR) is 86.5 cm³/mol. The van der Waals surface area contributed by atoms with Crippen LogP contribution < -0.4 is 10.2 Å². The highest BCUT2D eigenvalue weighted by Crippen LogP contribution is 2.31. The molecule has 2 atom stereocenters. The number of rotatable bonds is 4. The van der Waals surface area contributed by atoms with Crippen LogP contribution in [0.4, 0.5) is 5.69 Å². The van der Waals surface area contributed by atoms with Crippen LogP contribution in [0.25, 0.3) is 0 Å². The second-order valence-electron chi connectivity index (χ2n) is 6.78. The number of halogens is 1. The first-order valence-electron chi connectivity index (χ1n) is 7.88. The normalized spacial score (nSPS) is 26.9. The van der Waals surface area contributed by atoms with Crippen LogP contribution in [0, 0.1) is 11.8 Å². The Balaban J connectivity index is 1.79. The van der Waals surface area contributed by atoms with E-state index in [0.29, 0.717) is 0 Å². The Morgan fingerprint density at radius 2 is 1.90 bits per heavy atom. The predicted octanol–water partition coefficient (Wildman–Crippen LogP) is 4.07. The summed E-state index contributed by atoms with van der Waals surface area (Å²) in [5.74, 6) is 1.53. The molecule has 1 saturated heterocycles. The van der Waals surface area contributed by atoms with E-state index >= 15 is 0 Å². The van der Waals surface area contributed by atoms with Crippen molar-refractivity contribution in [1.82, 2.24) is 5.32 Å². The number of hydrogen-bond acceptors (Lipinski definition) is 2. The van der Waals surface area contributed by atoms with E-state index in [2.05, 4.69) is 36.2 Å². The molecule has 0 spiro atoms. The second-order valence-corrected chi connectivity index (χ2v) is 7.22. The Bertz CT molecular complexity index is 460. The van der Waals surface area contributed by atoms with Gasteiger partial charge in [-0.3, -0.25) is 0 Å². The summed E-state index contributed by atoms with van der Waals surface area (Å²) < 4.78 is 0. The van der Waals surface area contributed by atoms with Crippen molar-refractivity contribution < 1.29 is 0 Å². The third kappa shape index (κ3) is 3.48. The van der Waals surface area contributed by atoms with Gasteiger partial charge in [0.1, 0.15) is 0 Å². The van der Waals surface area contributed by atoms with Gasteiger partial charge in [0.15, 0.2) is 0 Å². The van der Waals surface area contributed by atoms with Gasteiger partial charge in [-0.1, -0.05) is 31.5 Å². The Labute approximate surface area is 127 Å². The minimum Gasteiger partial charge on any atom is -0.371 e. The summed E-state index contributed by atoms with van der Waals surface area (Å²) in [6.45, 7) is 7.99. The summed E-state index contributed by atoms with van der Waals surface area (Å²) >= 11 is 6.24. The van der Waals surface area contributed by atoms with E-state index in [4.69, 9.17) is 11.6 Å². The maximum atomic E-state index is 6.24. The molecule has 2 unspecified atom stereocenters. The Morgan fingerprint density at radius 3 is 2.55 bits per heavy atom. The topological polar surface area (TPSA) is 15.3 Å². The fourth-order valence-electron chi connectivity index (χ4n) is 3.38. The summed E-state index contributed by atoms with van der Waals surface area (Å²) in [6.07, 6.45) is 4.01. The third-order valence-electron chi connectivity index (χ3n) is 4.42. The van der Waals surface area contributed by atoms with E-state index in [0.717, 1.165) is 42.5 Å². The van der Waals surface area contributed by atoms with E-state index in [1.54, 1.807) is 0 Å². The molecule has 1 N–H and O–H groups in total. The molecule has 110 valence electrons. The van der Waals surface area contributed by atoms with Gasteiger partial charge in [-0.05, 0) is 48.8 Å². The molecule has 1 aromatic rings. The SMILES string of the molecule is CC1CC(C)CN(c2cc(Cl)ccc2CNC2CC2)C1. The summed E-state index contributed by atoms with van der Waals surface area (Å²) in [5, 5.41) is 4.47. The van der Waals surface area contributed by atoms with Crippen molar-refractivity contribution >= 4 is 17.3 Å². The molecule has 2 aliphatic rings. The lowest BCUT2D eigenvalue weighted by Gasteiger charge is -2.37. The molecule has 20 heavy (non-hydrogen) atoms. The van der Waals surface area contributed by atoms with Crippen LogP contribution >= 0.6 is 11.6 Å². The molecule has 1 aliphatic heterocycles. The molecule has 1 saturated carbocycles. The minimum atomic E-state index is 0.748. The van der Waals surface area contributed by atoms with E-state index in [1.807, 2.05) is 6.07 Å². The van der Waals surface area contributed by atoms with Gasteiger partial charge in [0.05, 0.1) is 0 Å². The van der Waals surface area contributed by atoms with Gasteiger partial charge >= 0.3 is 0 Å². The van der Waals surface area contributed by atoms with Crippen LogP contribution in [-0.2, 0) is 6.54 Å². The second kappa shape index (κ2) is 5.95. The summed E-state index contributed by atoms with van der Waals surface area (Å²) in [6, 6.07) is 7.11. The number of anilines is 1. The van der Waals surface area contributed by atoms with Crippen molar-refractivity contribution in [2.75, 3.05) is 18.0 Å². The lowest BCUT2D eigenvalue weighted by Crippen LogP contribution is -2.39. The molecule has 3 heteroatoms. The van der Waals surface area contributed by atoms with Crippen molar-refractivity contribution in [3.8, 4) is 0 Å². The highest BCUT2D eigenvalue weighted by atomic mass is 35.5. The zero-order valence-electron chi connectivity index (χ0n) is 12.5. The molecule has 0 bridgehead atoms. The van der Waals surface area contributed by atoms with Crippen molar-refractivity contribution in [2.45, 2.75) is 45.7 Å². The van der Waals surface area contributed by atoms with Crippen molar-refractivity contribution in [3.63, 3.8) is 0 Å². The fourth-order valence-corrected chi connectivity index (χ4v) is 3.55. The first-order valence-corrected chi connectivity index (χ1v) is 8.26. The van der Waals surface area contributed by atoms with E-state index in [1.165, 1.54) is 30.5 Å². The van der Waals surface area contributed by atoms with Crippen LogP contribution in [0.2, 0.25) is 5.02 Å². The van der Waals surface area contributed by atoms with Crippen LogP contribution in [0.15, 0.2) is 18.2 Å². The Morgan fingerprint density at radius 1 is 1.20 bits per heavy atom. The first-order chi connectivity index (χ1) is 9.61. The summed E-state index contributed by atoms with van der Waals surface area (Å²) in [5.41, 5.74) is 2.73. The van der Waals surface area contributed by atoms with Crippen molar-refractivity contribution in [1.29, 1.82) is 0 Å². The van der Waals surface area contributed by atoms with E-state index in [9.17, 15) is 0 Å². The lowest BCUT2D eigenvalue weighted by atomic mass is 9.91. The molecule has 1 aromatic carbocycles. The zero-order valence-corrected chi connectivity index (χ0v) is 13.3. The number of benzene rings is 1. The van der Waals surface area contributed by atoms with E-state index < -0.39 is 0 Å². The number of hydrogen-bond donors (Lipinski definition) is 1. The van der Waals surface area contributed by atoms with Crippen molar-refractivity contribution in [2.24, 2.45) is 11.8 Å². The van der Waals surface area contributed by atoms with Crippen molar-refractivity contribution in [3.05, 3.63) is 28.8 Å². The van der Waals surface area contributed by atoms with Gasteiger partial charge < -0.3 is 10.2 Å². The highest BCUT2D eigenvalue weighted by molar-refractivity contribution is 6.30. The van der Waals surface area contributed by atoms with Gasteiger partial charge in [-0.15, -0.1) is 0 Å². The third-order valence-corrected chi connectivity index (χ3v) is 4.65. The zero-order chi connectivity index (χ0) is 14.1. The fraction of sp³-hybridized carbons (Fsp3) is 0.647. The van der Waals surface area contributed by atoms with Gasteiger partial charge in [0.25, 0.3) is 0 Å². The molecule has 0 radical (unpaired) electrons. The van der Waals surface area contributed by atoms with Gasteiger partial charge in [0.2, 0.25) is 0 Å². The molecular weight excluding hydrogens is 268 g/mol. The number of piperidine rings is 1. The molecule has 2 fully saturated rings. The van der Waals surface area contributed by atoms with Gasteiger partial charge in [0, 0.05) is 36.4 Å². The van der Waals surface area contributed by atoms with Gasteiger partial charge in [-0.25, -0.2) is 0 Å². The lowest BCUT2D eigenvalue weighted by molar-refractivity contribution is 0.356. The highest BCUT2D eigenvalue weighted by Gasteiger charge is 2.25. The minimum absolute atomic E-state index is 0.748. The average Bonchev–Trinajstić information content (AvgIpc) is 3.20. The maximum Gasteiger partial charge on any atom is 0.0426 e. The number of nitrogens with zero attached hydrogens (tertiary/aromatic N) is 1. The van der Waals surface area contributed by atoms with Crippen LogP contribution in [0.1, 0.15) is 38.7 Å². The molecule has 0 aromatic heterocycles. The summed E-state index contributed by atoms with van der Waals surface area (Å²) in [7, 11) is 0. The quantitative estimate of drug-likeness (QED) is 0.900. The van der Waals surface area contributed by atoms with Crippen LogP contribution in [0.3, 0.4) is 0 Å². The summed E-state index contributed by atoms with van der Waals surface area (Å²) in [4.78, 5) is 2.54. The molecule has 1 heterocycles. The average molecular weight is 293 g/mol. The monoisotopic (exact) mass is 292 g/mol. The van der Waals surface area contributed by atoms with E-state index in [-0.39, 0.29) is 0 Å². The van der Waals surface area contributed by atoms with Crippen LogP contribution in [-0.4, -0.2) is 19.1 Å². The van der Waals surface area contributed by atoms with Gasteiger partial charge in [-0.2, -0.15) is 0 Å². The van der Waals surface area contributed by atoms with Crippen LogP contribution in [0.5, 0.6) is 0 Å². The largest absolute Gasteiger partial charge is 0.371 e. The smallest absolute Gasteiger partial charge is 0.0426 e. The Hall–Kier alpha value is -0.730. The molecule has 0 amide bonds. The molecule has 2 nitrogen and oxygen atoms in total. The first kappa shape index (κ1) is 14.2. The molecule has 3 rings (SSSR count). The maximum absolute atomic E-state index is 6.24. The molecule has 1 aliphatic carbocycles. The standard InChI is InChI=1S/C17H25ClN2/c1-12-7-13(2)11-20(10-12)17-8-15(18)4-3-14(17)9-19-16-5-6-16/h3-4,8,12-13,16,19H,5-7,9-11H2,1-2H3.